The topological polar surface area (TPSA) is 44.8 Å². The van der Waals surface area contributed by atoms with E-state index in [2.05, 4.69) is 5.32 Å². The lowest BCUT2D eigenvalue weighted by atomic mass is 10.3. The van der Waals surface area contributed by atoms with Crippen LogP contribution in [0.25, 0.3) is 0 Å². The van der Waals surface area contributed by atoms with Gasteiger partial charge < -0.3 is 19.9 Å². The largest absolute Gasteiger partial charge is 0.450 e. The van der Waals surface area contributed by atoms with Crippen LogP contribution < -0.4 is 5.32 Å². The molecule has 1 aliphatic rings. The van der Waals surface area contributed by atoms with Crippen LogP contribution in [0, 0.1) is 5.82 Å². The maximum absolute atomic E-state index is 13.6. The van der Waals surface area contributed by atoms with Crippen molar-refractivity contribution in [3.8, 4) is 0 Å². The molecular weight excluding hydrogens is 293 g/mol. The number of rotatable bonds is 2. The predicted molar refractivity (Wildman–Crippen MR) is 82.8 cm³/mol. The Morgan fingerprint density at radius 2 is 1.90 bits per heavy atom. The molecule has 1 heterocycles. The number of piperazine rings is 1. The molecule has 0 aliphatic carbocycles. The van der Waals surface area contributed by atoms with Crippen LogP contribution in [0.15, 0.2) is 24.3 Å². The van der Waals surface area contributed by atoms with E-state index >= 15 is 0 Å². The average molecular weight is 311 g/mol. The number of halogens is 1. The summed E-state index contributed by atoms with van der Waals surface area (Å²) in [5.41, 5.74) is 0.357. The van der Waals surface area contributed by atoms with Gasteiger partial charge in [0.05, 0.1) is 12.3 Å². The van der Waals surface area contributed by atoms with Crippen molar-refractivity contribution < 1.29 is 13.9 Å². The third-order valence-corrected chi connectivity index (χ3v) is 3.57. The highest BCUT2D eigenvalue weighted by Gasteiger charge is 2.23. The fourth-order valence-electron chi connectivity index (χ4n) is 2.06. The molecule has 5 nitrogen and oxygen atoms in total. The molecule has 0 saturated carbocycles. The third-order valence-electron chi connectivity index (χ3n) is 3.21. The molecule has 1 aromatic carbocycles. The Morgan fingerprint density at radius 1 is 1.29 bits per heavy atom. The van der Waals surface area contributed by atoms with Crippen molar-refractivity contribution >= 4 is 29.1 Å². The summed E-state index contributed by atoms with van der Waals surface area (Å²) in [5.74, 6) is -0.343. The van der Waals surface area contributed by atoms with E-state index in [4.69, 9.17) is 17.0 Å². The number of hydrogen-bond donors (Lipinski definition) is 1. The Morgan fingerprint density at radius 3 is 2.52 bits per heavy atom. The molecule has 1 aliphatic heterocycles. The second-order valence-electron chi connectivity index (χ2n) is 4.58. The minimum absolute atomic E-state index is 0.301. The van der Waals surface area contributed by atoms with Crippen molar-refractivity contribution in [3.05, 3.63) is 30.1 Å². The van der Waals surface area contributed by atoms with Crippen LogP contribution in [0.1, 0.15) is 6.92 Å². The van der Waals surface area contributed by atoms with Crippen LogP contribution in [-0.4, -0.2) is 53.8 Å². The second-order valence-corrected chi connectivity index (χ2v) is 4.97. The van der Waals surface area contributed by atoms with Crippen LogP contribution in [0.3, 0.4) is 0 Å². The smallest absolute Gasteiger partial charge is 0.409 e. The molecule has 1 saturated heterocycles. The van der Waals surface area contributed by atoms with Gasteiger partial charge >= 0.3 is 6.09 Å². The number of nitrogens with one attached hydrogen (secondary N) is 1. The number of benzene rings is 1. The molecule has 1 amide bonds. The summed E-state index contributed by atoms with van der Waals surface area (Å²) < 4.78 is 18.5. The number of thiocarbonyl (C=S) groups is 1. The number of amides is 1. The van der Waals surface area contributed by atoms with Crippen LogP contribution in [0.4, 0.5) is 14.9 Å². The minimum Gasteiger partial charge on any atom is -0.450 e. The first kappa shape index (κ1) is 15.5. The number of nitrogens with zero attached hydrogens (tertiary/aromatic N) is 2. The maximum Gasteiger partial charge on any atom is 0.409 e. The highest BCUT2D eigenvalue weighted by Crippen LogP contribution is 2.14. The molecule has 7 heteroatoms. The van der Waals surface area contributed by atoms with Crippen molar-refractivity contribution in [2.75, 3.05) is 38.1 Å². The summed E-state index contributed by atoms with van der Waals surface area (Å²) >= 11 is 5.28. The van der Waals surface area contributed by atoms with Gasteiger partial charge in [0.1, 0.15) is 5.82 Å². The lowest BCUT2D eigenvalue weighted by Crippen LogP contribution is -2.51. The first-order chi connectivity index (χ1) is 10.1. The molecular formula is C14H18FN3O2S. The van der Waals surface area contributed by atoms with E-state index in [1.54, 1.807) is 30.0 Å². The molecule has 0 spiro atoms. The standard InChI is InChI=1S/C14H18FN3O2S/c1-2-20-14(19)18-9-7-17(8-10-18)13(21)16-12-6-4-3-5-11(12)15/h3-6H,2,7-10H2,1H3,(H,16,21). The number of anilines is 1. The zero-order valence-electron chi connectivity index (χ0n) is 11.8. The number of hydrogen-bond acceptors (Lipinski definition) is 3. The molecule has 1 fully saturated rings. The zero-order valence-corrected chi connectivity index (χ0v) is 12.7. The van der Waals surface area contributed by atoms with E-state index in [0.29, 0.717) is 43.6 Å². The highest BCUT2D eigenvalue weighted by molar-refractivity contribution is 7.80. The fraction of sp³-hybridized carbons (Fsp3) is 0.429. The van der Waals surface area contributed by atoms with Gasteiger partial charge in [-0.1, -0.05) is 12.1 Å². The second kappa shape index (κ2) is 7.21. The molecule has 1 N–H and O–H groups in total. The molecule has 21 heavy (non-hydrogen) atoms. The van der Waals surface area contributed by atoms with Gasteiger partial charge in [-0.25, -0.2) is 9.18 Å². The zero-order chi connectivity index (χ0) is 15.2. The van der Waals surface area contributed by atoms with E-state index in [0.717, 1.165) is 0 Å². The van der Waals surface area contributed by atoms with E-state index in [9.17, 15) is 9.18 Å². The summed E-state index contributed by atoms with van der Waals surface area (Å²) in [6.45, 7) is 4.42. The van der Waals surface area contributed by atoms with Crippen LogP contribution in [-0.2, 0) is 4.74 Å². The highest BCUT2D eigenvalue weighted by atomic mass is 32.1. The lowest BCUT2D eigenvalue weighted by molar-refractivity contribution is 0.0923. The first-order valence-electron chi connectivity index (χ1n) is 6.84. The van der Waals surface area contributed by atoms with Crippen LogP contribution in [0.2, 0.25) is 0 Å². The SMILES string of the molecule is CCOC(=O)N1CCN(C(=S)Nc2ccccc2F)CC1. The number of carbonyl (C=O) groups is 1. The Bertz CT molecular complexity index is 519. The minimum atomic E-state index is -0.343. The van der Waals surface area contributed by atoms with E-state index < -0.39 is 0 Å². The molecule has 0 unspecified atom stereocenters. The van der Waals surface area contributed by atoms with Gasteiger partial charge in [-0.15, -0.1) is 0 Å². The van der Waals surface area contributed by atoms with E-state index in [1.165, 1.54) is 6.07 Å². The number of ether oxygens (including phenoxy) is 1. The van der Waals surface area contributed by atoms with Crippen LogP contribution in [0.5, 0.6) is 0 Å². The van der Waals surface area contributed by atoms with Crippen molar-refractivity contribution in [2.24, 2.45) is 0 Å². The Hall–Kier alpha value is -1.89. The quantitative estimate of drug-likeness (QED) is 0.849. The molecule has 114 valence electrons. The lowest BCUT2D eigenvalue weighted by Gasteiger charge is -2.35. The van der Waals surface area contributed by atoms with Gasteiger partial charge in [-0.3, -0.25) is 0 Å². The van der Waals surface area contributed by atoms with Gasteiger partial charge in [0.25, 0.3) is 0 Å². The average Bonchev–Trinajstić information content (AvgIpc) is 2.50. The van der Waals surface area contributed by atoms with E-state index in [-0.39, 0.29) is 11.9 Å². The van der Waals surface area contributed by atoms with Gasteiger partial charge in [0.15, 0.2) is 5.11 Å². The van der Waals surface area contributed by atoms with Gasteiger partial charge in [-0.05, 0) is 31.3 Å². The van der Waals surface area contributed by atoms with Crippen molar-refractivity contribution in [2.45, 2.75) is 6.92 Å². The van der Waals surface area contributed by atoms with Crippen molar-refractivity contribution in [1.82, 2.24) is 9.80 Å². The summed E-state index contributed by atoms with van der Waals surface area (Å²) in [7, 11) is 0. The summed E-state index contributed by atoms with van der Waals surface area (Å²) in [6.07, 6.45) is -0.301. The Labute approximate surface area is 128 Å². The van der Waals surface area contributed by atoms with Gasteiger partial charge in [-0.2, -0.15) is 0 Å². The molecule has 2 rings (SSSR count). The Balaban J connectivity index is 1.86. The van der Waals surface area contributed by atoms with Gasteiger partial charge in [0, 0.05) is 26.2 Å². The molecule has 0 bridgehead atoms. The molecule has 1 aromatic rings. The van der Waals surface area contributed by atoms with Gasteiger partial charge in [0.2, 0.25) is 0 Å². The first-order valence-corrected chi connectivity index (χ1v) is 7.24. The number of para-hydroxylation sites is 1. The molecule has 0 radical (unpaired) electrons. The predicted octanol–water partition coefficient (Wildman–Crippen LogP) is 2.30. The van der Waals surface area contributed by atoms with Crippen molar-refractivity contribution in [1.29, 1.82) is 0 Å². The summed E-state index contributed by atoms with van der Waals surface area (Å²) in [4.78, 5) is 15.2. The molecule has 0 aromatic heterocycles. The normalized spacial score (nSPS) is 14.8. The monoisotopic (exact) mass is 311 g/mol. The third kappa shape index (κ3) is 4.04. The number of carbonyl (C=O) groups excluding carboxylic acids is 1. The fourth-order valence-corrected chi connectivity index (χ4v) is 2.36. The Kier molecular flexibility index (Phi) is 5.32. The van der Waals surface area contributed by atoms with Crippen LogP contribution >= 0.6 is 12.2 Å². The maximum atomic E-state index is 13.6. The molecule has 0 atom stereocenters. The summed E-state index contributed by atoms with van der Waals surface area (Å²) in [5, 5.41) is 3.36. The van der Waals surface area contributed by atoms with Crippen molar-refractivity contribution in [3.63, 3.8) is 0 Å². The van der Waals surface area contributed by atoms with E-state index in [1.807, 2.05) is 4.90 Å². The summed E-state index contributed by atoms with van der Waals surface area (Å²) in [6, 6.07) is 6.38.